The summed E-state index contributed by atoms with van der Waals surface area (Å²) in [7, 11) is 0. The number of hydrogen-bond acceptors (Lipinski definition) is 3. The third kappa shape index (κ3) is 3.26. The Morgan fingerprint density at radius 2 is 2.05 bits per heavy atom. The summed E-state index contributed by atoms with van der Waals surface area (Å²) in [6, 6.07) is 0. The van der Waals surface area contributed by atoms with Crippen molar-refractivity contribution < 1.29 is 19.4 Å². The molecule has 1 amide bonds. The number of rotatable bonds is 5. The van der Waals surface area contributed by atoms with Crippen LogP contribution < -0.4 is 5.32 Å². The summed E-state index contributed by atoms with van der Waals surface area (Å²) in [6.07, 6.45) is 4.23. The van der Waals surface area contributed by atoms with Gasteiger partial charge in [0.05, 0.1) is 17.9 Å². The topological polar surface area (TPSA) is 75.6 Å². The Balaban J connectivity index is 1.81. The largest absolute Gasteiger partial charge is 0.481 e. The van der Waals surface area contributed by atoms with Crippen LogP contribution in [0.1, 0.15) is 39.0 Å². The van der Waals surface area contributed by atoms with Crippen molar-refractivity contribution in [2.45, 2.75) is 45.1 Å². The van der Waals surface area contributed by atoms with E-state index in [4.69, 9.17) is 9.84 Å². The van der Waals surface area contributed by atoms with Crippen LogP contribution >= 0.6 is 0 Å². The predicted molar refractivity (Wildman–Crippen MR) is 69.6 cm³/mol. The van der Waals surface area contributed by atoms with E-state index >= 15 is 0 Å². The summed E-state index contributed by atoms with van der Waals surface area (Å²) in [4.78, 5) is 23.2. The normalized spacial score (nSPS) is 34.4. The average Bonchev–Trinajstić information content (AvgIpc) is 3.04. The van der Waals surface area contributed by atoms with Crippen LogP contribution in [0.3, 0.4) is 0 Å². The van der Waals surface area contributed by atoms with Gasteiger partial charge in [-0.2, -0.15) is 0 Å². The standard InChI is InChI=1S/C14H23NO4/c1-2-12-11(6-7-19-12)13(16)15-8-9-4-3-5-10(9)14(17)18/h9-12H,2-8H2,1H3,(H,15,16)(H,17,18). The lowest BCUT2D eigenvalue weighted by Crippen LogP contribution is -2.39. The van der Waals surface area contributed by atoms with Crippen molar-refractivity contribution in [1.82, 2.24) is 5.32 Å². The molecule has 108 valence electrons. The third-order valence-corrected chi connectivity index (χ3v) is 4.46. The van der Waals surface area contributed by atoms with E-state index in [9.17, 15) is 9.59 Å². The lowest BCUT2D eigenvalue weighted by atomic mass is 9.95. The van der Waals surface area contributed by atoms with Crippen molar-refractivity contribution in [2.24, 2.45) is 17.8 Å². The highest BCUT2D eigenvalue weighted by Gasteiger charge is 2.35. The highest BCUT2D eigenvalue weighted by atomic mass is 16.5. The van der Waals surface area contributed by atoms with E-state index in [1.165, 1.54) is 0 Å². The van der Waals surface area contributed by atoms with E-state index < -0.39 is 5.97 Å². The maximum atomic E-state index is 12.1. The van der Waals surface area contributed by atoms with E-state index in [1.54, 1.807) is 0 Å². The molecule has 1 saturated carbocycles. The summed E-state index contributed by atoms with van der Waals surface area (Å²) < 4.78 is 5.51. The number of nitrogens with one attached hydrogen (secondary N) is 1. The maximum absolute atomic E-state index is 12.1. The monoisotopic (exact) mass is 269 g/mol. The minimum atomic E-state index is -0.729. The summed E-state index contributed by atoms with van der Waals surface area (Å²) >= 11 is 0. The van der Waals surface area contributed by atoms with Gasteiger partial charge in [-0.25, -0.2) is 0 Å². The van der Waals surface area contributed by atoms with E-state index in [0.717, 1.165) is 32.1 Å². The third-order valence-electron chi connectivity index (χ3n) is 4.46. The summed E-state index contributed by atoms with van der Waals surface area (Å²) in [5.74, 6) is -0.964. The Kier molecular flexibility index (Phi) is 4.80. The van der Waals surface area contributed by atoms with Gasteiger partial charge in [0.1, 0.15) is 0 Å². The molecule has 2 aliphatic rings. The van der Waals surface area contributed by atoms with Gasteiger partial charge in [-0.05, 0) is 31.6 Å². The Hall–Kier alpha value is -1.10. The fourth-order valence-electron chi connectivity index (χ4n) is 3.32. The fourth-order valence-corrected chi connectivity index (χ4v) is 3.32. The molecule has 0 aromatic heterocycles. The Morgan fingerprint density at radius 1 is 1.26 bits per heavy atom. The van der Waals surface area contributed by atoms with Crippen LogP contribution in [-0.2, 0) is 14.3 Å². The van der Waals surface area contributed by atoms with Crippen LogP contribution in [0, 0.1) is 17.8 Å². The lowest BCUT2D eigenvalue weighted by Gasteiger charge is -2.20. The van der Waals surface area contributed by atoms with Gasteiger partial charge in [0.25, 0.3) is 0 Å². The molecule has 0 aromatic rings. The predicted octanol–water partition coefficient (Wildman–Crippen LogP) is 1.42. The molecule has 1 aliphatic carbocycles. The molecule has 0 aromatic carbocycles. The minimum absolute atomic E-state index is 0.0267. The van der Waals surface area contributed by atoms with Crippen LogP contribution in [0.2, 0.25) is 0 Å². The smallest absolute Gasteiger partial charge is 0.306 e. The van der Waals surface area contributed by atoms with Crippen LogP contribution in [-0.4, -0.2) is 36.2 Å². The molecule has 1 saturated heterocycles. The van der Waals surface area contributed by atoms with Crippen molar-refractivity contribution >= 4 is 11.9 Å². The molecule has 4 atom stereocenters. The molecule has 5 heteroatoms. The van der Waals surface area contributed by atoms with Gasteiger partial charge in [0.15, 0.2) is 0 Å². The van der Waals surface area contributed by atoms with E-state index in [-0.39, 0.29) is 29.8 Å². The zero-order valence-corrected chi connectivity index (χ0v) is 11.4. The molecule has 2 fully saturated rings. The van der Waals surface area contributed by atoms with Crippen molar-refractivity contribution in [2.75, 3.05) is 13.2 Å². The number of amides is 1. The zero-order chi connectivity index (χ0) is 13.8. The van der Waals surface area contributed by atoms with Crippen molar-refractivity contribution in [3.63, 3.8) is 0 Å². The number of carboxylic acid groups (broad SMARTS) is 1. The molecule has 4 unspecified atom stereocenters. The van der Waals surface area contributed by atoms with Gasteiger partial charge in [0, 0.05) is 13.2 Å². The molecule has 5 nitrogen and oxygen atoms in total. The van der Waals surface area contributed by atoms with Crippen molar-refractivity contribution in [1.29, 1.82) is 0 Å². The van der Waals surface area contributed by atoms with Gasteiger partial charge in [-0.3, -0.25) is 9.59 Å². The highest BCUT2D eigenvalue weighted by molar-refractivity contribution is 5.79. The van der Waals surface area contributed by atoms with Crippen molar-refractivity contribution in [3.8, 4) is 0 Å². The average molecular weight is 269 g/mol. The first-order valence-electron chi connectivity index (χ1n) is 7.25. The van der Waals surface area contributed by atoms with Crippen LogP contribution in [0.15, 0.2) is 0 Å². The van der Waals surface area contributed by atoms with Gasteiger partial charge in [0.2, 0.25) is 5.91 Å². The van der Waals surface area contributed by atoms with Crippen LogP contribution in [0.25, 0.3) is 0 Å². The minimum Gasteiger partial charge on any atom is -0.481 e. The molecule has 0 radical (unpaired) electrons. The number of carbonyl (C=O) groups excluding carboxylic acids is 1. The molecule has 1 aliphatic heterocycles. The zero-order valence-electron chi connectivity index (χ0n) is 11.4. The van der Waals surface area contributed by atoms with E-state index in [0.29, 0.717) is 13.2 Å². The Labute approximate surface area is 113 Å². The van der Waals surface area contributed by atoms with Crippen LogP contribution in [0.5, 0.6) is 0 Å². The van der Waals surface area contributed by atoms with Crippen LogP contribution in [0.4, 0.5) is 0 Å². The molecule has 0 spiro atoms. The molecule has 19 heavy (non-hydrogen) atoms. The van der Waals surface area contributed by atoms with E-state index in [2.05, 4.69) is 5.32 Å². The number of ether oxygens (including phenoxy) is 1. The molecule has 2 N–H and O–H groups in total. The second kappa shape index (κ2) is 6.37. The SMILES string of the molecule is CCC1OCCC1C(=O)NCC1CCCC1C(=O)O. The number of carbonyl (C=O) groups is 2. The van der Waals surface area contributed by atoms with Gasteiger partial charge in [-0.15, -0.1) is 0 Å². The highest BCUT2D eigenvalue weighted by Crippen LogP contribution is 2.31. The quantitative estimate of drug-likeness (QED) is 0.791. The molecule has 0 bridgehead atoms. The van der Waals surface area contributed by atoms with E-state index in [1.807, 2.05) is 6.92 Å². The molecule has 1 heterocycles. The lowest BCUT2D eigenvalue weighted by molar-refractivity contribution is -0.143. The van der Waals surface area contributed by atoms with Gasteiger partial charge >= 0.3 is 5.97 Å². The Morgan fingerprint density at radius 3 is 2.74 bits per heavy atom. The first-order valence-corrected chi connectivity index (χ1v) is 7.25. The molecule has 2 rings (SSSR count). The second-order valence-electron chi connectivity index (χ2n) is 5.59. The molecular formula is C14H23NO4. The Bertz CT molecular complexity index is 344. The fraction of sp³-hybridized carbons (Fsp3) is 0.857. The number of carboxylic acids is 1. The second-order valence-corrected chi connectivity index (χ2v) is 5.59. The first kappa shape index (κ1) is 14.3. The van der Waals surface area contributed by atoms with Gasteiger partial charge < -0.3 is 15.2 Å². The summed E-state index contributed by atoms with van der Waals surface area (Å²) in [6.45, 7) is 3.16. The summed E-state index contributed by atoms with van der Waals surface area (Å²) in [5.41, 5.74) is 0. The number of aliphatic carboxylic acids is 1. The summed E-state index contributed by atoms with van der Waals surface area (Å²) in [5, 5.41) is 12.0. The maximum Gasteiger partial charge on any atom is 0.306 e. The number of hydrogen-bond donors (Lipinski definition) is 2. The van der Waals surface area contributed by atoms with Gasteiger partial charge in [-0.1, -0.05) is 13.3 Å². The first-order chi connectivity index (χ1) is 9.13. The molecular weight excluding hydrogens is 246 g/mol. The van der Waals surface area contributed by atoms with Crippen molar-refractivity contribution in [3.05, 3.63) is 0 Å².